The van der Waals surface area contributed by atoms with Crippen LogP contribution in [0, 0.1) is 19.8 Å². The lowest BCUT2D eigenvalue weighted by Crippen LogP contribution is -2.18. The Hall–Kier alpha value is -0.910. The maximum Gasteiger partial charge on any atom is 0.194 e. The molecule has 0 amide bonds. The zero-order chi connectivity index (χ0) is 13.9. The SMILES string of the molecule is Cc1cn2c(CNCCCOCC3CC3)c(C)nc2s1. The predicted molar refractivity (Wildman–Crippen MR) is 82.4 cm³/mol. The molecular formula is C15H23N3OS. The zero-order valence-electron chi connectivity index (χ0n) is 12.3. The highest BCUT2D eigenvalue weighted by atomic mass is 32.1. The average Bonchev–Trinajstić information content (AvgIpc) is 3.10. The Morgan fingerprint density at radius 3 is 3.10 bits per heavy atom. The number of imidazole rings is 1. The molecule has 3 rings (SSSR count). The summed E-state index contributed by atoms with van der Waals surface area (Å²) in [4.78, 5) is 7.01. The standard InChI is InChI=1S/C15H23N3OS/c1-11-9-18-14(12(2)17-15(18)20-11)8-16-6-3-7-19-10-13-4-5-13/h9,13,16H,3-8,10H2,1-2H3. The molecule has 0 radical (unpaired) electrons. The van der Waals surface area contributed by atoms with Gasteiger partial charge in [-0.2, -0.15) is 0 Å². The van der Waals surface area contributed by atoms with Gasteiger partial charge in [0.2, 0.25) is 0 Å². The van der Waals surface area contributed by atoms with E-state index in [2.05, 4.69) is 34.7 Å². The van der Waals surface area contributed by atoms with E-state index in [9.17, 15) is 0 Å². The van der Waals surface area contributed by atoms with E-state index in [1.165, 1.54) is 23.4 Å². The van der Waals surface area contributed by atoms with Crippen molar-refractivity contribution in [1.29, 1.82) is 0 Å². The van der Waals surface area contributed by atoms with Gasteiger partial charge >= 0.3 is 0 Å². The highest BCUT2D eigenvalue weighted by Crippen LogP contribution is 2.28. The normalized spacial score (nSPS) is 15.3. The lowest BCUT2D eigenvalue weighted by Gasteiger charge is -2.06. The lowest BCUT2D eigenvalue weighted by atomic mass is 10.3. The van der Waals surface area contributed by atoms with Crippen molar-refractivity contribution in [2.75, 3.05) is 19.8 Å². The summed E-state index contributed by atoms with van der Waals surface area (Å²) >= 11 is 1.75. The third kappa shape index (κ3) is 3.40. The maximum absolute atomic E-state index is 5.64. The summed E-state index contributed by atoms with van der Waals surface area (Å²) < 4.78 is 7.85. The van der Waals surface area contributed by atoms with Gasteiger partial charge in [-0.3, -0.25) is 4.40 Å². The van der Waals surface area contributed by atoms with Gasteiger partial charge in [0.25, 0.3) is 0 Å². The summed E-state index contributed by atoms with van der Waals surface area (Å²) in [5.41, 5.74) is 2.41. The van der Waals surface area contributed by atoms with Gasteiger partial charge in [-0.05, 0) is 45.6 Å². The van der Waals surface area contributed by atoms with E-state index in [0.717, 1.165) is 49.3 Å². The first kappa shape index (κ1) is 14.0. The van der Waals surface area contributed by atoms with E-state index in [4.69, 9.17) is 4.74 Å². The molecule has 1 fully saturated rings. The van der Waals surface area contributed by atoms with E-state index >= 15 is 0 Å². The molecule has 1 aliphatic carbocycles. The molecule has 0 aliphatic heterocycles. The Balaban J connectivity index is 1.41. The van der Waals surface area contributed by atoms with Crippen molar-refractivity contribution in [3.63, 3.8) is 0 Å². The summed E-state index contributed by atoms with van der Waals surface area (Å²) in [6.07, 6.45) is 6.00. The molecule has 2 heterocycles. The number of fused-ring (bicyclic) bond motifs is 1. The largest absolute Gasteiger partial charge is 0.381 e. The molecule has 0 spiro atoms. The minimum atomic E-state index is 0.868. The minimum Gasteiger partial charge on any atom is -0.381 e. The summed E-state index contributed by atoms with van der Waals surface area (Å²) in [7, 11) is 0. The summed E-state index contributed by atoms with van der Waals surface area (Å²) in [5, 5.41) is 3.50. The molecule has 0 aromatic carbocycles. The quantitative estimate of drug-likeness (QED) is 0.761. The van der Waals surface area contributed by atoms with Crippen LogP contribution in [0.2, 0.25) is 0 Å². The van der Waals surface area contributed by atoms with Crippen LogP contribution in [0.1, 0.15) is 35.5 Å². The first-order valence-corrected chi connectivity index (χ1v) is 8.28. The van der Waals surface area contributed by atoms with Crippen molar-refractivity contribution < 1.29 is 4.74 Å². The van der Waals surface area contributed by atoms with Crippen LogP contribution in [-0.4, -0.2) is 29.1 Å². The third-order valence-electron chi connectivity index (χ3n) is 3.73. The molecule has 0 bridgehead atoms. The summed E-state index contributed by atoms with van der Waals surface area (Å²) in [6.45, 7) is 7.94. The smallest absolute Gasteiger partial charge is 0.194 e. The molecule has 4 nitrogen and oxygen atoms in total. The van der Waals surface area contributed by atoms with Gasteiger partial charge in [0.15, 0.2) is 4.96 Å². The predicted octanol–water partition coefficient (Wildman–Crippen LogP) is 2.92. The number of aromatic nitrogens is 2. The van der Waals surface area contributed by atoms with Gasteiger partial charge in [0.05, 0.1) is 11.4 Å². The fourth-order valence-corrected chi connectivity index (χ4v) is 3.25. The molecule has 0 saturated heterocycles. The molecule has 1 N–H and O–H groups in total. The topological polar surface area (TPSA) is 38.6 Å². The van der Waals surface area contributed by atoms with Crippen LogP contribution in [0.25, 0.3) is 4.96 Å². The van der Waals surface area contributed by atoms with Gasteiger partial charge in [-0.25, -0.2) is 4.98 Å². The van der Waals surface area contributed by atoms with E-state index in [1.54, 1.807) is 11.3 Å². The number of aryl methyl sites for hydroxylation is 2. The monoisotopic (exact) mass is 293 g/mol. The first-order chi connectivity index (χ1) is 9.74. The van der Waals surface area contributed by atoms with E-state index < -0.39 is 0 Å². The van der Waals surface area contributed by atoms with Gasteiger partial charge in [-0.15, -0.1) is 11.3 Å². The number of hydrogen-bond acceptors (Lipinski definition) is 4. The lowest BCUT2D eigenvalue weighted by molar-refractivity contribution is 0.122. The molecule has 0 atom stereocenters. The van der Waals surface area contributed by atoms with Crippen LogP contribution in [0.15, 0.2) is 6.20 Å². The summed E-state index contributed by atoms with van der Waals surface area (Å²) in [6, 6.07) is 0. The molecule has 20 heavy (non-hydrogen) atoms. The second kappa shape index (κ2) is 6.24. The number of thiazole rings is 1. The summed E-state index contributed by atoms with van der Waals surface area (Å²) in [5.74, 6) is 0.868. The molecule has 5 heteroatoms. The number of hydrogen-bond donors (Lipinski definition) is 1. The number of nitrogens with one attached hydrogen (secondary N) is 1. The molecule has 2 aromatic heterocycles. The number of ether oxygens (including phenoxy) is 1. The van der Waals surface area contributed by atoms with Gasteiger partial charge in [-0.1, -0.05) is 0 Å². The van der Waals surface area contributed by atoms with Gasteiger partial charge in [0.1, 0.15) is 0 Å². The highest BCUT2D eigenvalue weighted by Gasteiger charge is 2.20. The molecule has 110 valence electrons. The maximum atomic E-state index is 5.64. The Bertz CT molecular complexity index is 571. The Morgan fingerprint density at radius 1 is 1.45 bits per heavy atom. The van der Waals surface area contributed by atoms with Crippen molar-refractivity contribution in [2.45, 2.75) is 39.7 Å². The van der Waals surface area contributed by atoms with Crippen LogP contribution < -0.4 is 5.32 Å². The molecule has 2 aromatic rings. The van der Waals surface area contributed by atoms with E-state index in [0.29, 0.717) is 0 Å². The molecule has 0 unspecified atom stereocenters. The number of nitrogens with zero attached hydrogens (tertiary/aromatic N) is 2. The van der Waals surface area contributed by atoms with Gasteiger partial charge in [0, 0.05) is 30.8 Å². The van der Waals surface area contributed by atoms with Crippen molar-refractivity contribution in [3.05, 3.63) is 22.5 Å². The van der Waals surface area contributed by atoms with Crippen LogP contribution in [0.3, 0.4) is 0 Å². The van der Waals surface area contributed by atoms with Crippen LogP contribution in [0.5, 0.6) is 0 Å². The average molecular weight is 293 g/mol. The second-order valence-electron chi connectivity index (χ2n) is 5.69. The van der Waals surface area contributed by atoms with E-state index in [1.807, 2.05) is 0 Å². The molecule has 1 saturated carbocycles. The van der Waals surface area contributed by atoms with Crippen LogP contribution >= 0.6 is 11.3 Å². The second-order valence-corrected chi connectivity index (χ2v) is 6.90. The third-order valence-corrected chi connectivity index (χ3v) is 4.62. The fraction of sp³-hybridized carbons (Fsp3) is 0.667. The van der Waals surface area contributed by atoms with Crippen molar-refractivity contribution >= 4 is 16.3 Å². The Labute approximate surface area is 124 Å². The van der Waals surface area contributed by atoms with Crippen molar-refractivity contribution in [2.24, 2.45) is 5.92 Å². The first-order valence-electron chi connectivity index (χ1n) is 7.46. The minimum absolute atomic E-state index is 0.868. The van der Waals surface area contributed by atoms with Gasteiger partial charge < -0.3 is 10.1 Å². The zero-order valence-corrected chi connectivity index (χ0v) is 13.1. The fourth-order valence-electron chi connectivity index (χ4n) is 2.36. The number of rotatable bonds is 8. The molecular weight excluding hydrogens is 270 g/mol. The van der Waals surface area contributed by atoms with Crippen molar-refractivity contribution in [1.82, 2.24) is 14.7 Å². The van der Waals surface area contributed by atoms with Crippen molar-refractivity contribution in [3.8, 4) is 0 Å². The molecule has 1 aliphatic rings. The Kier molecular flexibility index (Phi) is 4.38. The Morgan fingerprint density at radius 2 is 2.30 bits per heavy atom. The van der Waals surface area contributed by atoms with Crippen LogP contribution in [0.4, 0.5) is 0 Å². The highest BCUT2D eigenvalue weighted by molar-refractivity contribution is 7.17. The van der Waals surface area contributed by atoms with Crippen LogP contribution in [-0.2, 0) is 11.3 Å². The van der Waals surface area contributed by atoms with E-state index in [-0.39, 0.29) is 0 Å².